The topological polar surface area (TPSA) is 81.2 Å². The predicted octanol–water partition coefficient (Wildman–Crippen LogP) is 6.14. The normalized spacial score (nSPS) is 16.0. The maximum atomic E-state index is 15.0. The summed E-state index contributed by atoms with van der Waals surface area (Å²) in [5.74, 6) is -4.93. The fourth-order valence-electron chi connectivity index (χ4n) is 5.77. The summed E-state index contributed by atoms with van der Waals surface area (Å²) in [4.78, 5) is 44.9. The van der Waals surface area contributed by atoms with Crippen LogP contribution in [0.3, 0.4) is 0 Å². The summed E-state index contributed by atoms with van der Waals surface area (Å²) >= 11 is 0. The summed E-state index contributed by atoms with van der Waals surface area (Å²) in [6.45, 7) is -0.435. The molecule has 0 unspecified atom stereocenters. The van der Waals surface area contributed by atoms with Gasteiger partial charge in [0, 0.05) is 24.2 Å². The highest BCUT2D eigenvalue weighted by Gasteiger charge is 2.42. The highest BCUT2D eigenvalue weighted by Crippen LogP contribution is 2.38. The number of benzene rings is 4. The first-order valence-corrected chi connectivity index (χ1v) is 13.8. The van der Waals surface area contributed by atoms with E-state index in [9.17, 15) is 19.5 Å². The molecule has 0 aliphatic carbocycles. The molecule has 0 radical (unpaired) electrons. The van der Waals surface area contributed by atoms with Gasteiger partial charge in [-0.1, -0.05) is 84.9 Å². The minimum Gasteiger partial charge on any atom is -0.480 e. The van der Waals surface area contributed by atoms with Crippen molar-refractivity contribution in [1.82, 2.24) is 9.80 Å². The van der Waals surface area contributed by atoms with Crippen LogP contribution in [-0.2, 0) is 9.59 Å². The van der Waals surface area contributed by atoms with Crippen LogP contribution in [0.2, 0.25) is 0 Å². The summed E-state index contributed by atoms with van der Waals surface area (Å²) in [6.07, 6.45) is 3.84. The Kier molecular flexibility index (Phi) is 7.46. The zero-order valence-electron chi connectivity index (χ0n) is 22.9. The molecule has 2 aliphatic rings. The van der Waals surface area contributed by atoms with Crippen molar-refractivity contribution >= 4 is 41.4 Å². The molecule has 0 spiro atoms. The number of hydrogen-bond donors (Lipinski definition) is 1. The highest BCUT2D eigenvalue weighted by atomic mass is 19.1. The Balaban J connectivity index is 1.34. The number of urea groups is 1. The molecule has 1 N–H and O–H groups in total. The van der Waals surface area contributed by atoms with Crippen LogP contribution in [-0.4, -0.2) is 58.5 Å². The van der Waals surface area contributed by atoms with E-state index in [2.05, 4.69) is 0 Å². The van der Waals surface area contributed by atoms with E-state index in [0.717, 1.165) is 16.0 Å². The van der Waals surface area contributed by atoms with Gasteiger partial charge in [-0.3, -0.25) is 9.69 Å². The smallest absolute Gasteiger partial charge is 0.329 e. The molecular formula is C34H27F2N3O4. The number of carboxylic acid groups (broad SMARTS) is 1. The van der Waals surface area contributed by atoms with Crippen molar-refractivity contribution in [3.8, 4) is 0 Å². The Morgan fingerprint density at radius 3 is 1.70 bits per heavy atom. The molecule has 1 atom stereocenters. The van der Waals surface area contributed by atoms with Gasteiger partial charge >= 0.3 is 12.0 Å². The second-order valence-corrected chi connectivity index (χ2v) is 10.4. The number of fused-ring (bicyclic) bond motifs is 2. The molecule has 1 fully saturated rings. The summed E-state index contributed by atoms with van der Waals surface area (Å²) in [5.41, 5.74) is 2.77. The second kappa shape index (κ2) is 11.5. The number of halogens is 2. The predicted molar refractivity (Wildman–Crippen MR) is 159 cm³/mol. The minimum atomic E-state index is -1.44. The number of carbonyl (C=O) groups excluding carboxylic acids is 2. The van der Waals surface area contributed by atoms with Crippen LogP contribution in [0.25, 0.3) is 12.2 Å². The van der Waals surface area contributed by atoms with Gasteiger partial charge in [0.25, 0.3) is 0 Å². The van der Waals surface area contributed by atoms with Gasteiger partial charge in [-0.25, -0.2) is 18.4 Å². The number of para-hydroxylation sites is 2. The third-order valence-corrected chi connectivity index (χ3v) is 7.89. The molecule has 6 rings (SSSR count). The van der Waals surface area contributed by atoms with E-state index in [1.807, 2.05) is 60.7 Å². The van der Waals surface area contributed by atoms with Crippen molar-refractivity contribution in [1.29, 1.82) is 0 Å². The Morgan fingerprint density at radius 1 is 0.698 bits per heavy atom. The molecule has 216 valence electrons. The Morgan fingerprint density at radius 2 is 1.19 bits per heavy atom. The maximum absolute atomic E-state index is 15.0. The van der Waals surface area contributed by atoms with Crippen molar-refractivity contribution < 1.29 is 28.3 Å². The maximum Gasteiger partial charge on any atom is 0.329 e. The van der Waals surface area contributed by atoms with Gasteiger partial charge in [0.05, 0.1) is 23.8 Å². The van der Waals surface area contributed by atoms with E-state index in [1.54, 1.807) is 4.90 Å². The minimum absolute atomic E-state index is 0.0177. The van der Waals surface area contributed by atoms with Gasteiger partial charge < -0.3 is 14.9 Å². The third kappa shape index (κ3) is 5.14. The number of piperazine rings is 1. The number of amides is 3. The lowest BCUT2D eigenvalue weighted by atomic mass is 9.88. The molecule has 7 nitrogen and oxygen atoms in total. The summed E-state index contributed by atoms with van der Waals surface area (Å²) in [6, 6.07) is 24.0. The largest absolute Gasteiger partial charge is 0.480 e. The summed E-state index contributed by atoms with van der Waals surface area (Å²) in [5, 5.41) is 10.3. The quantitative estimate of drug-likeness (QED) is 0.315. The molecule has 0 saturated carbocycles. The monoisotopic (exact) mass is 579 g/mol. The molecule has 0 aromatic heterocycles. The van der Waals surface area contributed by atoms with Crippen molar-refractivity contribution in [2.75, 3.05) is 24.5 Å². The summed E-state index contributed by atoms with van der Waals surface area (Å²) < 4.78 is 30.0. The Bertz CT molecular complexity index is 1660. The standard InChI is InChI=1S/C34H27F2N3O4/c35-26-13-5-3-11-24(26)31(25-12-4-6-14-27(25)36)32(40)38-20-19-37(21-30(38)33(41)42)34(43)39-28-15-7-1-9-22(28)17-18-23-10-2-8-16-29(23)39/h1-18,30-31H,19-21H2,(H,41,42)/t30-/m0/s1. The molecule has 43 heavy (non-hydrogen) atoms. The first kappa shape index (κ1) is 27.8. The number of anilines is 2. The second-order valence-electron chi connectivity index (χ2n) is 10.4. The highest BCUT2D eigenvalue weighted by molar-refractivity contribution is 6.06. The van der Waals surface area contributed by atoms with Crippen molar-refractivity contribution in [2.45, 2.75) is 12.0 Å². The first-order chi connectivity index (χ1) is 20.8. The van der Waals surface area contributed by atoms with Crippen LogP contribution >= 0.6 is 0 Å². The van der Waals surface area contributed by atoms with Crippen LogP contribution in [0.15, 0.2) is 97.1 Å². The van der Waals surface area contributed by atoms with Gasteiger partial charge in [-0.2, -0.15) is 0 Å². The van der Waals surface area contributed by atoms with Crippen LogP contribution in [0.1, 0.15) is 28.2 Å². The van der Waals surface area contributed by atoms with Crippen LogP contribution < -0.4 is 4.90 Å². The summed E-state index contributed by atoms with van der Waals surface area (Å²) in [7, 11) is 0. The fraction of sp³-hybridized carbons (Fsp3) is 0.147. The molecule has 4 aromatic rings. The van der Waals surface area contributed by atoms with E-state index in [0.29, 0.717) is 11.4 Å². The van der Waals surface area contributed by atoms with Crippen LogP contribution in [0.5, 0.6) is 0 Å². The molecule has 2 heterocycles. The van der Waals surface area contributed by atoms with Crippen molar-refractivity contribution in [2.24, 2.45) is 0 Å². The third-order valence-electron chi connectivity index (χ3n) is 7.89. The lowest BCUT2D eigenvalue weighted by molar-refractivity contribution is -0.153. The first-order valence-electron chi connectivity index (χ1n) is 13.8. The van der Waals surface area contributed by atoms with Crippen LogP contribution in [0, 0.1) is 11.6 Å². The van der Waals surface area contributed by atoms with Crippen molar-refractivity contribution in [3.63, 3.8) is 0 Å². The SMILES string of the molecule is O=C(O)[C@@H]1CN(C(=O)N2c3ccccc3C=Cc3ccccc32)CCN1C(=O)C(c1ccccc1F)c1ccccc1F. The van der Waals surface area contributed by atoms with Gasteiger partial charge in [0.2, 0.25) is 5.91 Å². The van der Waals surface area contributed by atoms with Gasteiger partial charge in [0.15, 0.2) is 0 Å². The Hall–Kier alpha value is -5.31. The average Bonchev–Trinajstić information content (AvgIpc) is 3.19. The lowest BCUT2D eigenvalue weighted by Gasteiger charge is -2.42. The molecule has 1 saturated heterocycles. The average molecular weight is 580 g/mol. The molecule has 9 heteroatoms. The molecular weight excluding hydrogens is 552 g/mol. The number of aliphatic carboxylic acids is 1. The van der Waals surface area contributed by atoms with E-state index in [-0.39, 0.29) is 30.8 Å². The fourth-order valence-corrected chi connectivity index (χ4v) is 5.77. The molecule has 2 aliphatic heterocycles. The van der Waals surface area contributed by atoms with E-state index < -0.39 is 41.5 Å². The van der Waals surface area contributed by atoms with E-state index in [4.69, 9.17) is 0 Å². The van der Waals surface area contributed by atoms with Gasteiger partial charge in [-0.15, -0.1) is 0 Å². The van der Waals surface area contributed by atoms with E-state index in [1.165, 1.54) is 53.4 Å². The van der Waals surface area contributed by atoms with E-state index >= 15 is 8.78 Å². The Labute approximate surface area is 246 Å². The lowest BCUT2D eigenvalue weighted by Crippen LogP contribution is -2.61. The van der Waals surface area contributed by atoms with Crippen molar-refractivity contribution in [3.05, 3.63) is 131 Å². The zero-order chi connectivity index (χ0) is 30.1. The van der Waals surface area contributed by atoms with Gasteiger partial charge in [0.1, 0.15) is 17.7 Å². The van der Waals surface area contributed by atoms with Crippen LogP contribution in [0.4, 0.5) is 25.0 Å². The number of carbonyl (C=O) groups is 3. The molecule has 0 bridgehead atoms. The molecule has 3 amide bonds. The van der Waals surface area contributed by atoms with Gasteiger partial charge in [-0.05, 0) is 35.4 Å². The molecule has 4 aromatic carbocycles. The number of nitrogens with zero attached hydrogens (tertiary/aromatic N) is 3. The number of rotatable bonds is 4. The number of carboxylic acids is 1. The number of hydrogen-bond acceptors (Lipinski definition) is 3. The zero-order valence-corrected chi connectivity index (χ0v) is 22.9.